The highest BCUT2D eigenvalue weighted by Gasteiger charge is 2.20. The summed E-state index contributed by atoms with van der Waals surface area (Å²) in [6.07, 6.45) is 0. The third kappa shape index (κ3) is 3.63. The molecule has 3 rings (SSSR count). The van der Waals surface area contributed by atoms with Crippen LogP contribution in [0.4, 0.5) is 0 Å². The van der Waals surface area contributed by atoms with Crippen molar-refractivity contribution < 1.29 is 5.11 Å². The fourth-order valence-electron chi connectivity index (χ4n) is 2.69. The molecule has 1 N–H and O–H groups in total. The summed E-state index contributed by atoms with van der Waals surface area (Å²) in [7, 11) is 0. The molecule has 0 amide bonds. The molecular weight excluding hydrogens is 368 g/mol. The lowest BCUT2D eigenvalue weighted by Crippen LogP contribution is -2.42. The molecule has 0 atom stereocenters. The molecule has 0 aliphatic rings. The minimum atomic E-state index is -0.652. The van der Waals surface area contributed by atoms with Crippen molar-refractivity contribution in [1.29, 1.82) is 0 Å². The zero-order chi connectivity index (χ0) is 18.7. The van der Waals surface area contributed by atoms with Crippen LogP contribution in [-0.2, 0) is 13.1 Å². The molecule has 0 radical (unpaired) electrons. The first-order valence-electron chi connectivity index (χ1n) is 7.86. The normalized spacial score (nSPS) is 10.7. The molecule has 0 bridgehead atoms. The highest BCUT2D eigenvalue weighted by atomic mass is 32.1. The third-order valence-corrected chi connectivity index (χ3v) is 4.41. The number of thiol groups is 1. The number of aromatic hydroxyl groups is 1. The van der Waals surface area contributed by atoms with E-state index in [2.05, 4.69) is 12.6 Å². The van der Waals surface area contributed by atoms with Crippen molar-refractivity contribution in [1.82, 2.24) is 9.13 Å². The van der Waals surface area contributed by atoms with Crippen LogP contribution < -0.4 is 11.2 Å². The van der Waals surface area contributed by atoms with Crippen LogP contribution in [0.3, 0.4) is 0 Å². The SMILES string of the molecule is O=c1c(C(=S)S)c(O)n(Cc2ccccc2)c(=O)n1Cc1ccccc1. The predicted molar refractivity (Wildman–Crippen MR) is 108 cm³/mol. The van der Waals surface area contributed by atoms with Gasteiger partial charge in [0.25, 0.3) is 5.56 Å². The van der Waals surface area contributed by atoms with Gasteiger partial charge < -0.3 is 5.11 Å². The summed E-state index contributed by atoms with van der Waals surface area (Å²) >= 11 is 9.06. The highest BCUT2D eigenvalue weighted by molar-refractivity contribution is 8.11. The van der Waals surface area contributed by atoms with Crippen LogP contribution in [0.25, 0.3) is 0 Å². The summed E-state index contributed by atoms with van der Waals surface area (Å²) in [5, 5.41) is 10.5. The van der Waals surface area contributed by atoms with E-state index in [1.807, 2.05) is 60.7 Å². The molecule has 0 aliphatic carbocycles. The smallest absolute Gasteiger partial charge is 0.334 e. The highest BCUT2D eigenvalue weighted by Crippen LogP contribution is 2.16. The maximum Gasteiger partial charge on any atom is 0.334 e. The van der Waals surface area contributed by atoms with E-state index in [-0.39, 0.29) is 22.8 Å². The topological polar surface area (TPSA) is 64.2 Å². The Morgan fingerprint density at radius 2 is 1.35 bits per heavy atom. The minimum Gasteiger partial charge on any atom is -0.494 e. The van der Waals surface area contributed by atoms with Crippen LogP contribution in [0, 0.1) is 0 Å². The molecule has 0 unspecified atom stereocenters. The largest absolute Gasteiger partial charge is 0.494 e. The van der Waals surface area contributed by atoms with Gasteiger partial charge in [0.1, 0.15) is 5.56 Å². The van der Waals surface area contributed by atoms with Gasteiger partial charge in [0.05, 0.1) is 17.3 Å². The summed E-state index contributed by atoms with van der Waals surface area (Å²) in [5.74, 6) is -0.465. The van der Waals surface area contributed by atoms with E-state index in [0.717, 1.165) is 20.3 Å². The lowest BCUT2D eigenvalue weighted by molar-refractivity contribution is 0.399. The lowest BCUT2D eigenvalue weighted by atomic mass is 10.2. The second-order valence-corrected chi connectivity index (χ2v) is 6.89. The van der Waals surface area contributed by atoms with E-state index >= 15 is 0 Å². The molecule has 0 fully saturated rings. The molecule has 0 saturated carbocycles. The maximum absolute atomic E-state index is 12.9. The molecule has 3 aromatic rings. The van der Waals surface area contributed by atoms with Crippen molar-refractivity contribution in [2.45, 2.75) is 13.1 Å². The minimum absolute atomic E-state index is 0.0591. The van der Waals surface area contributed by atoms with Crippen LogP contribution in [-0.4, -0.2) is 18.4 Å². The van der Waals surface area contributed by atoms with Crippen molar-refractivity contribution in [3.63, 3.8) is 0 Å². The first-order valence-corrected chi connectivity index (χ1v) is 8.72. The Morgan fingerprint density at radius 3 is 1.81 bits per heavy atom. The van der Waals surface area contributed by atoms with Gasteiger partial charge in [-0.15, -0.1) is 12.6 Å². The number of benzene rings is 2. The van der Waals surface area contributed by atoms with Crippen molar-refractivity contribution in [3.8, 4) is 5.88 Å². The van der Waals surface area contributed by atoms with E-state index in [9.17, 15) is 14.7 Å². The quantitative estimate of drug-likeness (QED) is 0.524. The van der Waals surface area contributed by atoms with Crippen LogP contribution in [0.2, 0.25) is 0 Å². The number of aromatic nitrogens is 2. The molecule has 1 heterocycles. The summed E-state index contributed by atoms with van der Waals surface area (Å²) in [4.78, 5) is 25.6. The Kier molecular flexibility index (Phi) is 5.39. The first kappa shape index (κ1) is 18.2. The Bertz CT molecular complexity index is 1060. The van der Waals surface area contributed by atoms with Gasteiger partial charge in [0.2, 0.25) is 5.88 Å². The van der Waals surface area contributed by atoms with E-state index < -0.39 is 17.1 Å². The molecule has 2 aromatic carbocycles. The molecule has 0 spiro atoms. The number of thiocarbonyl (C=S) groups is 1. The number of rotatable bonds is 5. The fourth-order valence-corrected chi connectivity index (χ4v) is 3.06. The average molecular weight is 384 g/mol. The third-order valence-electron chi connectivity index (χ3n) is 3.98. The van der Waals surface area contributed by atoms with Gasteiger partial charge in [-0.2, -0.15) is 0 Å². The van der Waals surface area contributed by atoms with Gasteiger partial charge in [0.15, 0.2) is 0 Å². The zero-order valence-corrected chi connectivity index (χ0v) is 15.4. The molecule has 0 aliphatic heterocycles. The Morgan fingerprint density at radius 1 is 0.885 bits per heavy atom. The lowest BCUT2D eigenvalue weighted by Gasteiger charge is -2.15. The summed E-state index contributed by atoms with van der Waals surface area (Å²) in [6.45, 7) is 0.195. The van der Waals surface area contributed by atoms with Crippen molar-refractivity contribution >= 4 is 29.0 Å². The van der Waals surface area contributed by atoms with E-state index in [4.69, 9.17) is 12.2 Å². The zero-order valence-electron chi connectivity index (χ0n) is 13.7. The standard InChI is InChI=1S/C19H16N2O3S2/c22-16-15(18(25)26)17(23)21(12-14-9-5-2-6-10-14)19(24)20(16)11-13-7-3-1-4-8-13/h1-10,22H,11-12H2,(H,25,26). The van der Waals surface area contributed by atoms with Crippen molar-refractivity contribution in [3.05, 3.63) is 98.2 Å². The van der Waals surface area contributed by atoms with E-state index in [1.165, 1.54) is 0 Å². The van der Waals surface area contributed by atoms with Gasteiger partial charge >= 0.3 is 5.69 Å². The predicted octanol–water partition coefficient (Wildman–Crippen LogP) is 2.42. The van der Waals surface area contributed by atoms with Gasteiger partial charge in [-0.1, -0.05) is 72.9 Å². The number of hydrogen-bond acceptors (Lipinski definition) is 4. The monoisotopic (exact) mass is 384 g/mol. The molecule has 132 valence electrons. The summed E-state index contributed by atoms with van der Waals surface area (Å²) < 4.78 is 2.14. The summed E-state index contributed by atoms with van der Waals surface area (Å²) in [6, 6.07) is 18.3. The second kappa shape index (κ2) is 7.72. The van der Waals surface area contributed by atoms with Gasteiger partial charge in [-0.25, -0.2) is 4.79 Å². The van der Waals surface area contributed by atoms with Crippen LogP contribution >= 0.6 is 24.8 Å². The molecular formula is C19H16N2O3S2. The van der Waals surface area contributed by atoms with Crippen LogP contribution in [0.15, 0.2) is 70.3 Å². The Labute approximate surface area is 160 Å². The van der Waals surface area contributed by atoms with Crippen molar-refractivity contribution in [2.75, 3.05) is 0 Å². The second-order valence-electron chi connectivity index (χ2n) is 5.73. The van der Waals surface area contributed by atoms with Gasteiger partial charge in [0, 0.05) is 0 Å². The molecule has 5 nitrogen and oxygen atoms in total. The molecule has 7 heteroatoms. The van der Waals surface area contributed by atoms with E-state index in [1.54, 1.807) is 0 Å². The van der Waals surface area contributed by atoms with Crippen molar-refractivity contribution in [2.24, 2.45) is 0 Å². The van der Waals surface area contributed by atoms with Crippen LogP contribution in [0.5, 0.6) is 5.88 Å². The van der Waals surface area contributed by atoms with E-state index in [0.29, 0.717) is 0 Å². The first-order chi connectivity index (χ1) is 12.5. The van der Waals surface area contributed by atoms with Crippen LogP contribution in [0.1, 0.15) is 16.7 Å². The number of nitrogens with zero attached hydrogens (tertiary/aromatic N) is 2. The molecule has 1 aromatic heterocycles. The fraction of sp³-hybridized carbons (Fsp3) is 0.105. The molecule has 0 saturated heterocycles. The Hall–Kier alpha value is -2.64. The Balaban J connectivity index is 2.19. The van der Waals surface area contributed by atoms with Gasteiger partial charge in [-0.3, -0.25) is 13.9 Å². The maximum atomic E-state index is 12.9. The molecule has 26 heavy (non-hydrogen) atoms. The summed E-state index contributed by atoms with van der Waals surface area (Å²) in [5.41, 5.74) is 0.203. The average Bonchev–Trinajstić information content (AvgIpc) is 2.64. The van der Waals surface area contributed by atoms with Gasteiger partial charge in [-0.05, 0) is 11.1 Å². The number of hydrogen-bond donors (Lipinski definition) is 2.